The first-order chi connectivity index (χ1) is 17.1. The molecule has 2 amide bonds. The number of hydrogen-bond acceptors (Lipinski definition) is 5. The molecule has 2 atom stereocenters. The van der Waals surface area contributed by atoms with Crippen LogP contribution >= 0.6 is 0 Å². The molecule has 35 heavy (non-hydrogen) atoms. The summed E-state index contributed by atoms with van der Waals surface area (Å²) in [6.07, 6.45) is 1.82. The van der Waals surface area contributed by atoms with Crippen molar-refractivity contribution in [3.8, 4) is 5.75 Å². The van der Waals surface area contributed by atoms with Crippen LogP contribution in [0.5, 0.6) is 5.75 Å². The normalized spacial score (nSPS) is 19.7. The quantitative estimate of drug-likeness (QED) is 0.594. The van der Waals surface area contributed by atoms with Crippen molar-refractivity contribution in [2.45, 2.75) is 25.3 Å². The van der Waals surface area contributed by atoms with Crippen LogP contribution in [0.1, 0.15) is 30.9 Å². The van der Waals surface area contributed by atoms with Crippen molar-refractivity contribution in [1.29, 1.82) is 0 Å². The van der Waals surface area contributed by atoms with E-state index in [2.05, 4.69) is 10.2 Å². The molecular formula is C27H34FN3O4. The summed E-state index contributed by atoms with van der Waals surface area (Å²) < 4.78 is 25.0. The standard InChI is InChI=1S/C27H34FN3O4/c28-23-8-4-6-21(18-23)25(30-13-16-34-17-14-30)19-29-27(33)22-7-5-12-31(20-22)26(32)11-15-35-24-9-2-1-3-10-24/h1-4,6,8-10,18,22,25H,5,7,11-17,19-20H2,(H,29,33). The number of ether oxygens (including phenoxy) is 2. The Morgan fingerprint density at radius 3 is 2.66 bits per heavy atom. The molecule has 0 aliphatic carbocycles. The zero-order valence-electron chi connectivity index (χ0n) is 20.0. The zero-order valence-corrected chi connectivity index (χ0v) is 20.0. The summed E-state index contributed by atoms with van der Waals surface area (Å²) in [4.78, 5) is 29.8. The number of halogens is 1. The van der Waals surface area contributed by atoms with E-state index in [-0.39, 0.29) is 36.0 Å². The third kappa shape index (κ3) is 7.26. The van der Waals surface area contributed by atoms with Gasteiger partial charge in [0.2, 0.25) is 11.8 Å². The second-order valence-corrected chi connectivity index (χ2v) is 9.05. The van der Waals surface area contributed by atoms with E-state index in [1.54, 1.807) is 11.0 Å². The number of likely N-dealkylation sites (tertiary alicyclic amines) is 1. The smallest absolute Gasteiger partial charge is 0.226 e. The highest BCUT2D eigenvalue weighted by Crippen LogP contribution is 2.23. The number of amides is 2. The minimum absolute atomic E-state index is 0.00406. The summed E-state index contributed by atoms with van der Waals surface area (Å²) in [5, 5.41) is 3.09. The van der Waals surface area contributed by atoms with Gasteiger partial charge in [-0.1, -0.05) is 30.3 Å². The van der Waals surface area contributed by atoms with Gasteiger partial charge in [-0.05, 0) is 42.7 Å². The highest BCUT2D eigenvalue weighted by atomic mass is 19.1. The Labute approximate surface area is 206 Å². The Hall–Kier alpha value is -2.97. The van der Waals surface area contributed by atoms with E-state index in [9.17, 15) is 14.0 Å². The fraction of sp³-hybridized carbons (Fsp3) is 0.481. The topological polar surface area (TPSA) is 71.1 Å². The third-order valence-electron chi connectivity index (χ3n) is 6.66. The van der Waals surface area contributed by atoms with Gasteiger partial charge in [0.05, 0.1) is 38.2 Å². The number of piperidine rings is 1. The molecular weight excluding hydrogens is 449 g/mol. The Balaban J connectivity index is 1.29. The zero-order chi connectivity index (χ0) is 24.5. The molecule has 0 spiro atoms. The van der Waals surface area contributed by atoms with E-state index in [0.29, 0.717) is 39.5 Å². The maximum Gasteiger partial charge on any atom is 0.226 e. The molecule has 1 N–H and O–H groups in total. The van der Waals surface area contributed by atoms with Crippen LogP contribution in [0.25, 0.3) is 0 Å². The van der Waals surface area contributed by atoms with Gasteiger partial charge in [-0.3, -0.25) is 14.5 Å². The van der Waals surface area contributed by atoms with Crippen molar-refractivity contribution in [3.63, 3.8) is 0 Å². The molecule has 8 heteroatoms. The van der Waals surface area contributed by atoms with E-state index in [1.807, 2.05) is 36.4 Å². The van der Waals surface area contributed by atoms with Gasteiger partial charge < -0.3 is 19.7 Å². The first-order valence-corrected chi connectivity index (χ1v) is 12.4. The Morgan fingerprint density at radius 1 is 1.09 bits per heavy atom. The predicted octanol–water partition coefficient (Wildman–Crippen LogP) is 3.02. The monoisotopic (exact) mass is 483 g/mol. The molecule has 2 heterocycles. The molecule has 0 radical (unpaired) electrons. The van der Waals surface area contributed by atoms with Crippen molar-refractivity contribution < 1.29 is 23.5 Å². The van der Waals surface area contributed by atoms with Gasteiger partial charge in [0.1, 0.15) is 11.6 Å². The van der Waals surface area contributed by atoms with Gasteiger partial charge in [-0.15, -0.1) is 0 Å². The van der Waals surface area contributed by atoms with Gasteiger partial charge in [0.25, 0.3) is 0 Å². The molecule has 0 aromatic heterocycles. The number of benzene rings is 2. The number of carbonyl (C=O) groups excluding carboxylic acids is 2. The van der Waals surface area contributed by atoms with Crippen molar-refractivity contribution in [2.24, 2.45) is 5.92 Å². The molecule has 2 unspecified atom stereocenters. The Morgan fingerprint density at radius 2 is 1.89 bits per heavy atom. The van der Waals surface area contributed by atoms with Crippen LogP contribution in [0.2, 0.25) is 0 Å². The van der Waals surface area contributed by atoms with Crippen LogP contribution in [0.15, 0.2) is 54.6 Å². The minimum Gasteiger partial charge on any atom is -0.493 e. The van der Waals surface area contributed by atoms with E-state index >= 15 is 0 Å². The average Bonchev–Trinajstić information content (AvgIpc) is 2.90. The summed E-state index contributed by atoms with van der Waals surface area (Å²) >= 11 is 0. The Bertz CT molecular complexity index is 968. The average molecular weight is 484 g/mol. The van der Waals surface area contributed by atoms with Crippen molar-refractivity contribution >= 4 is 11.8 Å². The van der Waals surface area contributed by atoms with Crippen LogP contribution in [0.4, 0.5) is 4.39 Å². The number of morpholine rings is 1. The van der Waals surface area contributed by atoms with Gasteiger partial charge in [0, 0.05) is 32.7 Å². The summed E-state index contributed by atoms with van der Waals surface area (Å²) in [6, 6.07) is 15.8. The first-order valence-electron chi connectivity index (χ1n) is 12.4. The van der Waals surface area contributed by atoms with Crippen molar-refractivity contribution in [3.05, 3.63) is 66.0 Å². The molecule has 2 saturated heterocycles. The SMILES string of the molecule is O=C(NCC(c1cccc(F)c1)N1CCOCC1)C1CCCN(C(=O)CCOc2ccccc2)C1. The Kier molecular flexibility index (Phi) is 9.08. The minimum atomic E-state index is -0.287. The van der Waals surface area contributed by atoms with Crippen LogP contribution in [-0.4, -0.2) is 74.2 Å². The summed E-state index contributed by atoms with van der Waals surface area (Å²) in [6.45, 7) is 4.47. The summed E-state index contributed by atoms with van der Waals surface area (Å²) in [7, 11) is 0. The lowest BCUT2D eigenvalue weighted by Gasteiger charge is -2.36. The van der Waals surface area contributed by atoms with Crippen LogP contribution in [0, 0.1) is 11.7 Å². The van der Waals surface area contributed by atoms with Crippen LogP contribution in [-0.2, 0) is 14.3 Å². The molecule has 2 aromatic carbocycles. The van der Waals surface area contributed by atoms with Crippen LogP contribution in [0.3, 0.4) is 0 Å². The molecule has 2 aliphatic rings. The molecule has 7 nitrogen and oxygen atoms in total. The molecule has 4 rings (SSSR count). The molecule has 0 bridgehead atoms. The highest BCUT2D eigenvalue weighted by Gasteiger charge is 2.30. The maximum absolute atomic E-state index is 13.9. The van der Waals surface area contributed by atoms with E-state index in [1.165, 1.54) is 12.1 Å². The molecule has 188 valence electrons. The molecule has 2 aliphatic heterocycles. The van der Waals surface area contributed by atoms with Gasteiger partial charge in [-0.2, -0.15) is 0 Å². The van der Waals surface area contributed by atoms with Gasteiger partial charge in [0.15, 0.2) is 0 Å². The largest absolute Gasteiger partial charge is 0.493 e. The summed E-state index contributed by atoms with van der Waals surface area (Å²) in [5.41, 5.74) is 0.839. The second kappa shape index (κ2) is 12.7. The molecule has 0 saturated carbocycles. The molecule has 2 aromatic rings. The maximum atomic E-state index is 13.9. The number of nitrogens with one attached hydrogen (secondary N) is 1. The second-order valence-electron chi connectivity index (χ2n) is 9.05. The van der Waals surface area contributed by atoms with Crippen LogP contribution < -0.4 is 10.1 Å². The number of rotatable bonds is 9. The molecule has 2 fully saturated rings. The fourth-order valence-electron chi connectivity index (χ4n) is 4.75. The lowest BCUT2D eigenvalue weighted by atomic mass is 9.96. The number of para-hydroxylation sites is 1. The van der Waals surface area contributed by atoms with Crippen molar-refractivity contribution in [1.82, 2.24) is 15.1 Å². The summed E-state index contributed by atoms with van der Waals surface area (Å²) in [5.74, 6) is 0.150. The third-order valence-corrected chi connectivity index (χ3v) is 6.66. The first kappa shape index (κ1) is 25.1. The number of hydrogen-bond donors (Lipinski definition) is 1. The lowest BCUT2D eigenvalue weighted by Crippen LogP contribution is -2.48. The number of nitrogens with zero attached hydrogens (tertiary/aromatic N) is 2. The number of carbonyl (C=O) groups is 2. The predicted molar refractivity (Wildman–Crippen MR) is 130 cm³/mol. The lowest BCUT2D eigenvalue weighted by molar-refractivity contribution is -0.136. The van der Waals surface area contributed by atoms with Crippen molar-refractivity contribution in [2.75, 3.05) is 52.5 Å². The van der Waals surface area contributed by atoms with Gasteiger partial charge >= 0.3 is 0 Å². The van der Waals surface area contributed by atoms with E-state index in [0.717, 1.165) is 37.2 Å². The fourth-order valence-corrected chi connectivity index (χ4v) is 4.75. The highest BCUT2D eigenvalue weighted by molar-refractivity contribution is 5.81. The van der Waals surface area contributed by atoms with E-state index in [4.69, 9.17) is 9.47 Å². The van der Waals surface area contributed by atoms with Gasteiger partial charge in [-0.25, -0.2) is 4.39 Å². The van der Waals surface area contributed by atoms with E-state index < -0.39 is 0 Å².